The molecule has 30 heavy (non-hydrogen) atoms. The topological polar surface area (TPSA) is 95.7 Å². The summed E-state index contributed by atoms with van der Waals surface area (Å²) in [6, 6.07) is 11.0. The number of ether oxygens (including phenoxy) is 3. The Morgan fingerprint density at radius 2 is 1.83 bits per heavy atom. The van der Waals surface area contributed by atoms with Gasteiger partial charge in [-0.3, -0.25) is 4.79 Å². The molecular weight excluding hydrogens is 386 g/mol. The standard InChI is InChI=1S/C22H25N3O5/c1-13-6-7-17(10-14(13)2)29-15(3)22(26)23-12-20-24-21(25-30-20)18-9-8-16(27-4)11-19(18)28-5/h6-11,15H,12H2,1-5H3,(H,23,26)/t15-/m0/s1. The average Bonchev–Trinajstić information content (AvgIpc) is 3.22. The molecule has 158 valence electrons. The van der Waals surface area contributed by atoms with Crippen LogP contribution in [-0.4, -0.2) is 36.4 Å². The van der Waals surface area contributed by atoms with Crippen LogP contribution < -0.4 is 19.5 Å². The summed E-state index contributed by atoms with van der Waals surface area (Å²) >= 11 is 0. The SMILES string of the molecule is COc1ccc(-c2noc(CNC(=O)[C@H](C)Oc3ccc(C)c(C)c3)n2)c(OC)c1. The van der Waals surface area contributed by atoms with Gasteiger partial charge in [0.15, 0.2) is 6.10 Å². The first-order valence-electron chi connectivity index (χ1n) is 9.48. The van der Waals surface area contributed by atoms with E-state index >= 15 is 0 Å². The molecule has 0 saturated heterocycles. The van der Waals surface area contributed by atoms with Crippen molar-refractivity contribution >= 4 is 5.91 Å². The minimum absolute atomic E-state index is 0.0882. The van der Waals surface area contributed by atoms with Crippen LogP contribution in [0, 0.1) is 13.8 Å². The number of aromatic nitrogens is 2. The zero-order valence-corrected chi connectivity index (χ0v) is 17.7. The summed E-state index contributed by atoms with van der Waals surface area (Å²) in [4.78, 5) is 16.7. The molecule has 8 nitrogen and oxygen atoms in total. The van der Waals surface area contributed by atoms with E-state index in [2.05, 4.69) is 15.5 Å². The number of carbonyl (C=O) groups excluding carboxylic acids is 1. The fraction of sp³-hybridized carbons (Fsp3) is 0.318. The minimum atomic E-state index is -0.670. The van der Waals surface area contributed by atoms with Crippen LogP contribution in [0.4, 0.5) is 0 Å². The van der Waals surface area contributed by atoms with Crippen LogP contribution >= 0.6 is 0 Å². The second-order valence-electron chi connectivity index (χ2n) is 6.80. The second kappa shape index (κ2) is 9.30. The van der Waals surface area contributed by atoms with Crippen molar-refractivity contribution < 1.29 is 23.5 Å². The second-order valence-corrected chi connectivity index (χ2v) is 6.80. The number of nitrogens with one attached hydrogen (secondary N) is 1. The smallest absolute Gasteiger partial charge is 0.261 e. The molecule has 0 fully saturated rings. The van der Waals surface area contributed by atoms with Gasteiger partial charge in [0.2, 0.25) is 11.7 Å². The van der Waals surface area contributed by atoms with E-state index in [4.69, 9.17) is 18.7 Å². The number of methoxy groups -OCH3 is 2. The molecule has 0 aliphatic rings. The fourth-order valence-corrected chi connectivity index (χ4v) is 2.77. The molecule has 0 spiro atoms. The molecular formula is C22H25N3O5. The van der Waals surface area contributed by atoms with Crippen molar-refractivity contribution in [3.8, 4) is 28.6 Å². The molecule has 1 N–H and O–H groups in total. The molecule has 0 aliphatic carbocycles. The summed E-state index contributed by atoms with van der Waals surface area (Å²) in [6.45, 7) is 5.80. The maximum absolute atomic E-state index is 12.4. The van der Waals surface area contributed by atoms with Gasteiger partial charge in [-0.25, -0.2) is 0 Å². The molecule has 1 amide bonds. The van der Waals surface area contributed by atoms with Crippen molar-refractivity contribution in [1.29, 1.82) is 0 Å². The number of nitrogens with zero attached hydrogens (tertiary/aromatic N) is 2. The Morgan fingerprint density at radius 1 is 1.07 bits per heavy atom. The minimum Gasteiger partial charge on any atom is -0.497 e. The maximum Gasteiger partial charge on any atom is 0.261 e. The van der Waals surface area contributed by atoms with Crippen LogP contribution in [0.1, 0.15) is 23.9 Å². The normalized spacial score (nSPS) is 11.6. The predicted molar refractivity (Wildman–Crippen MR) is 111 cm³/mol. The molecule has 0 radical (unpaired) electrons. The van der Waals surface area contributed by atoms with E-state index < -0.39 is 6.10 Å². The Balaban J connectivity index is 1.61. The third kappa shape index (κ3) is 4.89. The van der Waals surface area contributed by atoms with Crippen LogP contribution in [-0.2, 0) is 11.3 Å². The summed E-state index contributed by atoms with van der Waals surface area (Å²) < 4.78 is 21.5. The van der Waals surface area contributed by atoms with Crippen LogP contribution in [0.25, 0.3) is 11.4 Å². The average molecular weight is 411 g/mol. The van der Waals surface area contributed by atoms with Gasteiger partial charge in [0.1, 0.15) is 17.2 Å². The number of hydrogen-bond donors (Lipinski definition) is 1. The third-order valence-electron chi connectivity index (χ3n) is 4.69. The lowest BCUT2D eigenvalue weighted by Gasteiger charge is -2.15. The van der Waals surface area contributed by atoms with Gasteiger partial charge < -0.3 is 24.1 Å². The van der Waals surface area contributed by atoms with Gasteiger partial charge in [-0.15, -0.1) is 0 Å². The highest BCUT2D eigenvalue weighted by molar-refractivity contribution is 5.80. The summed E-state index contributed by atoms with van der Waals surface area (Å²) in [5, 5.41) is 6.71. The molecule has 0 bridgehead atoms. The van der Waals surface area contributed by atoms with Crippen molar-refractivity contribution in [3.63, 3.8) is 0 Å². The molecule has 0 aliphatic heterocycles. The summed E-state index contributed by atoms with van der Waals surface area (Å²) in [7, 11) is 3.13. The van der Waals surface area contributed by atoms with Crippen LogP contribution in [0.5, 0.6) is 17.2 Å². The molecule has 2 aromatic carbocycles. The van der Waals surface area contributed by atoms with Crippen molar-refractivity contribution in [3.05, 3.63) is 53.4 Å². The highest BCUT2D eigenvalue weighted by Gasteiger charge is 2.18. The monoisotopic (exact) mass is 411 g/mol. The number of rotatable bonds is 8. The Morgan fingerprint density at radius 3 is 2.53 bits per heavy atom. The van der Waals surface area contributed by atoms with Crippen molar-refractivity contribution in [2.24, 2.45) is 0 Å². The first-order chi connectivity index (χ1) is 14.4. The summed E-state index contributed by atoms with van der Waals surface area (Å²) in [6.07, 6.45) is -0.670. The zero-order valence-electron chi connectivity index (χ0n) is 17.7. The largest absolute Gasteiger partial charge is 0.497 e. The highest BCUT2D eigenvalue weighted by atomic mass is 16.5. The third-order valence-corrected chi connectivity index (χ3v) is 4.69. The van der Waals surface area contributed by atoms with Gasteiger partial charge in [0, 0.05) is 6.07 Å². The number of carbonyl (C=O) groups is 1. The Bertz CT molecular complexity index is 1030. The number of amides is 1. The van der Waals surface area contributed by atoms with Gasteiger partial charge in [0.25, 0.3) is 5.91 Å². The predicted octanol–water partition coefficient (Wildman–Crippen LogP) is 3.45. The lowest BCUT2D eigenvalue weighted by molar-refractivity contribution is -0.127. The van der Waals surface area contributed by atoms with E-state index in [1.807, 2.05) is 32.0 Å². The number of hydrogen-bond acceptors (Lipinski definition) is 7. The first-order valence-corrected chi connectivity index (χ1v) is 9.48. The quantitative estimate of drug-likeness (QED) is 0.606. The van der Waals surface area contributed by atoms with Gasteiger partial charge >= 0.3 is 0 Å². The van der Waals surface area contributed by atoms with Crippen molar-refractivity contribution in [2.75, 3.05) is 14.2 Å². The first kappa shape index (κ1) is 21.2. The lowest BCUT2D eigenvalue weighted by atomic mass is 10.1. The molecule has 3 rings (SSSR count). The van der Waals surface area contributed by atoms with Gasteiger partial charge in [-0.2, -0.15) is 4.98 Å². The Hall–Kier alpha value is -3.55. The van der Waals surface area contributed by atoms with E-state index in [0.717, 1.165) is 5.56 Å². The summed E-state index contributed by atoms with van der Waals surface area (Å²) in [5.74, 6) is 2.21. The van der Waals surface area contributed by atoms with Crippen LogP contribution in [0.2, 0.25) is 0 Å². The van der Waals surface area contributed by atoms with E-state index in [9.17, 15) is 4.79 Å². The van der Waals surface area contributed by atoms with Gasteiger partial charge in [0.05, 0.1) is 26.3 Å². The molecule has 8 heteroatoms. The molecule has 3 aromatic rings. The Labute approximate surface area is 175 Å². The molecule has 0 saturated carbocycles. The molecule has 1 atom stereocenters. The fourth-order valence-electron chi connectivity index (χ4n) is 2.77. The van der Waals surface area contributed by atoms with E-state index in [1.165, 1.54) is 5.56 Å². The van der Waals surface area contributed by atoms with Gasteiger partial charge in [-0.1, -0.05) is 11.2 Å². The van der Waals surface area contributed by atoms with Crippen molar-refractivity contribution in [2.45, 2.75) is 33.4 Å². The number of aryl methyl sites for hydroxylation is 2. The molecule has 1 aromatic heterocycles. The maximum atomic E-state index is 12.4. The van der Waals surface area contributed by atoms with Crippen LogP contribution in [0.3, 0.4) is 0 Å². The van der Waals surface area contributed by atoms with E-state index in [1.54, 1.807) is 39.3 Å². The highest BCUT2D eigenvalue weighted by Crippen LogP contribution is 2.31. The Kier molecular flexibility index (Phi) is 6.56. The molecule has 1 heterocycles. The molecule has 0 unspecified atom stereocenters. The number of benzene rings is 2. The van der Waals surface area contributed by atoms with E-state index in [0.29, 0.717) is 28.6 Å². The van der Waals surface area contributed by atoms with E-state index in [-0.39, 0.29) is 18.3 Å². The summed E-state index contributed by atoms with van der Waals surface area (Å²) in [5.41, 5.74) is 2.93. The zero-order chi connectivity index (χ0) is 21.7. The van der Waals surface area contributed by atoms with Crippen LogP contribution in [0.15, 0.2) is 40.9 Å². The van der Waals surface area contributed by atoms with Gasteiger partial charge in [-0.05, 0) is 56.2 Å². The van der Waals surface area contributed by atoms with Crippen molar-refractivity contribution in [1.82, 2.24) is 15.5 Å². The lowest BCUT2D eigenvalue weighted by Crippen LogP contribution is -2.36.